The van der Waals surface area contributed by atoms with E-state index < -0.39 is 0 Å². The molecule has 0 unspecified atom stereocenters. The van der Waals surface area contributed by atoms with Crippen LogP contribution in [0.2, 0.25) is 0 Å². The van der Waals surface area contributed by atoms with Crippen molar-refractivity contribution in [2.75, 3.05) is 21.3 Å². The average molecular weight is 437 g/mol. The van der Waals surface area contributed by atoms with Crippen molar-refractivity contribution in [1.82, 2.24) is 10.3 Å². The molecule has 1 N–H and O–H groups in total. The highest BCUT2D eigenvalue weighted by molar-refractivity contribution is 6.07. The fraction of sp³-hybridized carbons (Fsp3) is 0.385. The molecule has 0 bridgehead atoms. The molecule has 0 aliphatic rings. The third-order valence-corrected chi connectivity index (χ3v) is 5.54. The van der Waals surface area contributed by atoms with Crippen LogP contribution < -0.4 is 19.5 Å². The molecule has 0 radical (unpaired) electrons. The molecule has 3 rings (SSSR count). The molecule has 32 heavy (non-hydrogen) atoms. The lowest BCUT2D eigenvalue weighted by Crippen LogP contribution is -2.32. The molecular formula is C26H32N2O4. The van der Waals surface area contributed by atoms with Crippen molar-refractivity contribution in [2.45, 2.75) is 45.6 Å². The third-order valence-electron chi connectivity index (χ3n) is 5.54. The van der Waals surface area contributed by atoms with Gasteiger partial charge >= 0.3 is 0 Å². The molecule has 6 heteroatoms. The maximum absolute atomic E-state index is 13.2. The van der Waals surface area contributed by atoms with Gasteiger partial charge < -0.3 is 19.5 Å². The zero-order valence-corrected chi connectivity index (χ0v) is 19.5. The van der Waals surface area contributed by atoms with Crippen LogP contribution in [0, 0.1) is 0 Å². The van der Waals surface area contributed by atoms with Crippen molar-refractivity contribution >= 4 is 16.8 Å². The lowest BCUT2D eigenvalue weighted by Gasteiger charge is -2.17. The molecule has 1 aromatic heterocycles. The van der Waals surface area contributed by atoms with Crippen LogP contribution >= 0.6 is 0 Å². The Morgan fingerprint density at radius 1 is 1.00 bits per heavy atom. The van der Waals surface area contributed by atoms with Crippen LogP contribution in [0.3, 0.4) is 0 Å². The van der Waals surface area contributed by atoms with Gasteiger partial charge in [0, 0.05) is 17.0 Å². The Morgan fingerprint density at radius 2 is 1.69 bits per heavy atom. The van der Waals surface area contributed by atoms with E-state index in [-0.39, 0.29) is 11.9 Å². The molecule has 170 valence electrons. The summed E-state index contributed by atoms with van der Waals surface area (Å²) in [4.78, 5) is 18.0. The number of amides is 1. The predicted octanol–water partition coefficient (Wildman–Crippen LogP) is 5.63. The largest absolute Gasteiger partial charge is 0.493 e. The number of rotatable bonds is 10. The summed E-state index contributed by atoms with van der Waals surface area (Å²) in [6.45, 7) is 4.23. The second-order valence-corrected chi connectivity index (χ2v) is 7.86. The number of nitrogens with zero attached hydrogens (tertiary/aromatic N) is 1. The summed E-state index contributed by atoms with van der Waals surface area (Å²) >= 11 is 0. The summed E-state index contributed by atoms with van der Waals surface area (Å²) in [5.74, 6) is 1.49. The van der Waals surface area contributed by atoms with Gasteiger partial charge in [0.05, 0.1) is 38.1 Å². The Kier molecular flexibility index (Phi) is 7.92. The number of benzene rings is 2. The minimum Gasteiger partial charge on any atom is -0.493 e. The fourth-order valence-electron chi connectivity index (χ4n) is 3.81. The van der Waals surface area contributed by atoms with Gasteiger partial charge in [-0.05, 0) is 37.6 Å². The molecule has 3 aromatic rings. The van der Waals surface area contributed by atoms with Gasteiger partial charge in [0.2, 0.25) is 5.75 Å². The molecule has 2 aromatic carbocycles. The summed E-state index contributed by atoms with van der Waals surface area (Å²) < 4.78 is 16.4. The number of fused-ring (bicyclic) bond motifs is 1. The maximum Gasteiger partial charge on any atom is 0.252 e. The number of hydrogen-bond acceptors (Lipinski definition) is 5. The fourth-order valence-corrected chi connectivity index (χ4v) is 3.81. The number of carbonyl (C=O) groups excluding carboxylic acids is 1. The Bertz CT molecular complexity index is 1060. The van der Waals surface area contributed by atoms with Crippen LogP contribution in [0.5, 0.6) is 17.2 Å². The Morgan fingerprint density at radius 3 is 2.31 bits per heavy atom. The van der Waals surface area contributed by atoms with E-state index in [0.717, 1.165) is 35.7 Å². The number of aromatic nitrogens is 1. The highest BCUT2D eigenvalue weighted by Crippen LogP contribution is 2.41. The van der Waals surface area contributed by atoms with Gasteiger partial charge in [0.25, 0.3) is 5.91 Å². The number of ether oxygens (including phenoxy) is 3. The van der Waals surface area contributed by atoms with Crippen molar-refractivity contribution in [1.29, 1.82) is 0 Å². The lowest BCUT2D eigenvalue weighted by molar-refractivity contribution is 0.0939. The molecular weight excluding hydrogens is 404 g/mol. The van der Waals surface area contributed by atoms with E-state index in [1.165, 1.54) is 6.42 Å². The number of unbranched alkanes of at least 4 members (excludes halogenated alkanes) is 2. The SMILES string of the molecule is CCCCC[C@H](C)NC(=O)c1cc(-c2cc(OC)c(OC)c(OC)c2)nc2ccccc12. The van der Waals surface area contributed by atoms with Crippen LogP contribution in [0.4, 0.5) is 0 Å². The van der Waals surface area contributed by atoms with Crippen molar-refractivity contribution in [3.63, 3.8) is 0 Å². The molecule has 0 aliphatic carbocycles. The first-order valence-electron chi connectivity index (χ1n) is 11.0. The second-order valence-electron chi connectivity index (χ2n) is 7.86. The zero-order chi connectivity index (χ0) is 23.1. The van der Waals surface area contributed by atoms with Crippen molar-refractivity contribution in [3.05, 3.63) is 48.0 Å². The Balaban J connectivity index is 2.04. The average Bonchev–Trinajstić information content (AvgIpc) is 2.82. The second kappa shape index (κ2) is 10.8. The summed E-state index contributed by atoms with van der Waals surface area (Å²) in [6.07, 6.45) is 4.39. The van der Waals surface area contributed by atoms with Gasteiger partial charge in [-0.3, -0.25) is 4.79 Å². The normalized spacial score (nSPS) is 11.8. The summed E-state index contributed by atoms with van der Waals surface area (Å²) in [5, 5.41) is 3.97. The first-order valence-corrected chi connectivity index (χ1v) is 11.0. The topological polar surface area (TPSA) is 69.7 Å². The van der Waals surface area contributed by atoms with Gasteiger partial charge in [-0.15, -0.1) is 0 Å². The highest BCUT2D eigenvalue weighted by Gasteiger charge is 2.19. The molecule has 1 amide bonds. The molecule has 6 nitrogen and oxygen atoms in total. The number of hydrogen-bond donors (Lipinski definition) is 1. The summed E-state index contributed by atoms with van der Waals surface area (Å²) in [7, 11) is 4.72. The first-order chi connectivity index (χ1) is 15.5. The molecule has 0 spiro atoms. The van der Waals surface area contributed by atoms with E-state index in [9.17, 15) is 4.79 Å². The summed E-state index contributed by atoms with van der Waals surface area (Å²) in [6, 6.07) is 13.3. The Labute approximate surface area is 189 Å². The van der Waals surface area contributed by atoms with Crippen molar-refractivity contribution in [3.8, 4) is 28.5 Å². The quantitative estimate of drug-likeness (QED) is 0.417. The van der Waals surface area contributed by atoms with Crippen molar-refractivity contribution in [2.24, 2.45) is 0 Å². The van der Waals surface area contributed by atoms with Gasteiger partial charge in [-0.1, -0.05) is 44.4 Å². The van der Waals surface area contributed by atoms with Crippen LogP contribution in [0.15, 0.2) is 42.5 Å². The van der Waals surface area contributed by atoms with E-state index >= 15 is 0 Å². The maximum atomic E-state index is 13.2. The van der Waals surface area contributed by atoms with Gasteiger partial charge in [0.1, 0.15) is 0 Å². The lowest BCUT2D eigenvalue weighted by atomic mass is 10.0. The third kappa shape index (κ3) is 5.13. The van der Waals surface area contributed by atoms with Crippen LogP contribution in [0.25, 0.3) is 22.2 Å². The van der Waals surface area contributed by atoms with E-state index in [4.69, 9.17) is 19.2 Å². The molecule has 0 saturated carbocycles. The van der Waals surface area contributed by atoms with Gasteiger partial charge in [-0.25, -0.2) is 4.98 Å². The first kappa shape index (κ1) is 23.4. The number of para-hydroxylation sites is 1. The molecule has 1 heterocycles. The standard InChI is InChI=1S/C26H32N2O4/c1-6-7-8-11-17(2)27-26(29)20-16-22(28-21-13-10-9-12-19(20)21)18-14-23(30-3)25(32-5)24(15-18)31-4/h9-10,12-17H,6-8,11H2,1-5H3,(H,27,29)/t17-/m0/s1. The van der Waals surface area contributed by atoms with E-state index in [1.807, 2.05) is 42.5 Å². The van der Waals surface area contributed by atoms with Crippen LogP contribution in [0.1, 0.15) is 49.9 Å². The minimum atomic E-state index is -0.0960. The number of methoxy groups -OCH3 is 3. The molecule has 0 fully saturated rings. The number of carbonyl (C=O) groups is 1. The number of pyridine rings is 1. The van der Waals surface area contributed by atoms with Crippen LogP contribution in [-0.2, 0) is 0 Å². The van der Waals surface area contributed by atoms with Gasteiger partial charge in [-0.2, -0.15) is 0 Å². The number of nitrogens with one attached hydrogen (secondary N) is 1. The van der Waals surface area contributed by atoms with Crippen LogP contribution in [-0.4, -0.2) is 38.3 Å². The van der Waals surface area contributed by atoms with Gasteiger partial charge in [0.15, 0.2) is 11.5 Å². The van der Waals surface area contributed by atoms with E-state index in [2.05, 4.69) is 19.2 Å². The molecule has 0 saturated heterocycles. The monoisotopic (exact) mass is 436 g/mol. The van der Waals surface area contributed by atoms with E-state index in [0.29, 0.717) is 28.5 Å². The van der Waals surface area contributed by atoms with E-state index in [1.54, 1.807) is 21.3 Å². The Hall–Kier alpha value is -3.28. The molecule has 0 aliphatic heterocycles. The predicted molar refractivity (Wildman–Crippen MR) is 128 cm³/mol. The summed E-state index contributed by atoms with van der Waals surface area (Å²) in [5.41, 5.74) is 2.78. The van der Waals surface area contributed by atoms with Crippen molar-refractivity contribution < 1.29 is 19.0 Å². The molecule has 1 atom stereocenters. The smallest absolute Gasteiger partial charge is 0.252 e. The minimum absolute atomic E-state index is 0.0960. The zero-order valence-electron chi connectivity index (χ0n) is 19.5. The highest BCUT2D eigenvalue weighted by atomic mass is 16.5.